The number of ketones is 2. The standard InChI is InChI=1S/C16H14O6/c1-7(17)9-3-4-12(19)15(16(9)22)11-5-10(8(2)18)13(20)6-14(11)21/h3-6,19-22H,1-2H3. The van der Waals surface area contributed by atoms with Gasteiger partial charge in [0.25, 0.3) is 0 Å². The first-order valence-electron chi connectivity index (χ1n) is 6.37. The maximum atomic E-state index is 11.5. The molecule has 114 valence electrons. The molecule has 0 unspecified atom stereocenters. The molecule has 0 aliphatic carbocycles. The number of hydrogen-bond donors (Lipinski definition) is 4. The Morgan fingerprint density at radius 2 is 1.36 bits per heavy atom. The van der Waals surface area contributed by atoms with Crippen LogP contribution < -0.4 is 0 Å². The molecule has 0 aliphatic heterocycles. The van der Waals surface area contributed by atoms with Gasteiger partial charge in [-0.25, -0.2) is 0 Å². The third kappa shape index (κ3) is 2.46. The Hall–Kier alpha value is -3.02. The molecule has 0 saturated heterocycles. The summed E-state index contributed by atoms with van der Waals surface area (Å²) in [6, 6.07) is 4.53. The van der Waals surface area contributed by atoms with Crippen LogP contribution in [0.4, 0.5) is 0 Å². The first-order chi connectivity index (χ1) is 10.2. The molecule has 0 spiro atoms. The van der Waals surface area contributed by atoms with Crippen molar-refractivity contribution < 1.29 is 30.0 Å². The first kappa shape index (κ1) is 15.4. The van der Waals surface area contributed by atoms with Crippen LogP contribution in [0.15, 0.2) is 24.3 Å². The lowest BCUT2D eigenvalue weighted by molar-refractivity contribution is 0.100. The van der Waals surface area contributed by atoms with E-state index in [2.05, 4.69) is 0 Å². The topological polar surface area (TPSA) is 115 Å². The van der Waals surface area contributed by atoms with Gasteiger partial charge in [0.15, 0.2) is 11.6 Å². The van der Waals surface area contributed by atoms with Gasteiger partial charge in [-0.1, -0.05) is 0 Å². The summed E-state index contributed by atoms with van der Waals surface area (Å²) in [5.41, 5.74) is -0.377. The van der Waals surface area contributed by atoms with E-state index in [4.69, 9.17) is 0 Å². The minimum absolute atomic E-state index is 0.0374. The minimum Gasteiger partial charge on any atom is -0.507 e. The highest BCUT2D eigenvalue weighted by atomic mass is 16.3. The maximum Gasteiger partial charge on any atom is 0.163 e. The number of rotatable bonds is 3. The van der Waals surface area contributed by atoms with E-state index in [0.29, 0.717) is 0 Å². The van der Waals surface area contributed by atoms with Gasteiger partial charge in [0.2, 0.25) is 0 Å². The third-order valence-electron chi connectivity index (χ3n) is 3.30. The zero-order valence-corrected chi connectivity index (χ0v) is 11.9. The van der Waals surface area contributed by atoms with E-state index in [1.54, 1.807) is 0 Å². The molecule has 6 heteroatoms. The Kier molecular flexibility index (Phi) is 3.77. The van der Waals surface area contributed by atoms with Gasteiger partial charge in [0.05, 0.1) is 16.7 Å². The molecule has 0 aliphatic rings. The van der Waals surface area contributed by atoms with E-state index in [1.165, 1.54) is 26.0 Å². The lowest BCUT2D eigenvalue weighted by Gasteiger charge is -2.13. The largest absolute Gasteiger partial charge is 0.507 e. The highest BCUT2D eigenvalue weighted by Crippen LogP contribution is 2.45. The molecule has 2 rings (SSSR count). The number of carbonyl (C=O) groups is 2. The van der Waals surface area contributed by atoms with Crippen molar-refractivity contribution >= 4 is 11.6 Å². The number of aromatic hydroxyl groups is 4. The molecule has 0 amide bonds. The second kappa shape index (κ2) is 5.40. The molecular weight excluding hydrogens is 288 g/mol. The number of benzene rings is 2. The highest BCUT2D eigenvalue weighted by molar-refractivity contribution is 6.02. The summed E-state index contributed by atoms with van der Waals surface area (Å²) in [7, 11) is 0. The van der Waals surface area contributed by atoms with Gasteiger partial charge in [-0.05, 0) is 32.0 Å². The fourth-order valence-corrected chi connectivity index (χ4v) is 2.19. The van der Waals surface area contributed by atoms with E-state index in [1.807, 2.05) is 0 Å². The van der Waals surface area contributed by atoms with Gasteiger partial charge in [0, 0.05) is 11.6 Å². The van der Waals surface area contributed by atoms with Crippen LogP contribution in [0.5, 0.6) is 23.0 Å². The molecule has 0 atom stereocenters. The normalized spacial score (nSPS) is 10.5. The van der Waals surface area contributed by atoms with Crippen molar-refractivity contribution in [3.05, 3.63) is 35.4 Å². The average Bonchev–Trinajstić information content (AvgIpc) is 2.40. The smallest absolute Gasteiger partial charge is 0.163 e. The van der Waals surface area contributed by atoms with E-state index in [0.717, 1.165) is 12.1 Å². The molecule has 2 aromatic rings. The molecule has 2 aromatic carbocycles. The molecule has 0 radical (unpaired) electrons. The van der Waals surface area contributed by atoms with Gasteiger partial charge >= 0.3 is 0 Å². The van der Waals surface area contributed by atoms with E-state index in [-0.39, 0.29) is 28.0 Å². The first-order valence-corrected chi connectivity index (χ1v) is 6.37. The lowest BCUT2D eigenvalue weighted by Crippen LogP contribution is -1.97. The Labute approximate surface area is 125 Å². The predicted octanol–water partition coefficient (Wildman–Crippen LogP) is 2.58. The van der Waals surface area contributed by atoms with Crippen molar-refractivity contribution in [2.45, 2.75) is 13.8 Å². The van der Waals surface area contributed by atoms with Crippen LogP contribution >= 0.6 is 0 Å². The zero-order valence-electron chi connectivity index (χ0n) is 11.9. The Morgan fingerprint density at radius 3 is 1.91 bits per heavy atom. The Bertz CT molecular complexity index is 792. The third-order valence-corrected chi connectivity index (χ3v) is 3.30. The van der Waals surface area contributed by atoms with Crippen molar-refractivity contribution in [2.24, 2.45) is 0 Å². The molecular formula is C16H14O6. The second-order valence-electron chi connectivity index (χ2n) is 4.85. The summed E-state index contributed by atoms with van der Waals surface area (Å²) >= 11 is 0. The predicted molar refractivity (Wildman–Crippen MR) is 78.5 cm³/mol. The summed E-state index contributed by atoms with van der Waals surface area (Å²) in [6.45, 7) is 2.47. The zero-order chi connectivity index (χ0) is 16.6. The average molecular weight is 302 g/mol. The number of carbonyl (C=O) groups excluding carboxylic acids is 2. The molecule has 0 aromatic heterocycles. The molecule has 22 heavy (non-hydrogen) atoms. The van der Waals surface area contributed by atoms with Crippen LogP contribution in [0, 0.1) is 0 Å². The van der Waals surface area contributed by atoms with E-state index in [9.17, 15) is 30.0 Å². The van der Waals surface area contributed by atoms with Crippen molar-refractivity contribution in [1.29, 1.82) is 0 Å². The van der Waals surface area contributed by atoms with E-state index >= 15 is 0 Å². The Balaban J connectivity index is 2.82. The molecule has 4 N–H and O–H groups in total. The number of phenols is 4. The molecule has 0 heterocycles. The number of Topliss-reactive ketones (excluding diaryl/α,β-unsaturated/α-hetero) is 2. The summed E-state index contributed by atoms with van der Waals surface area (Å²) < 4.78 is 0. The van der Waals surface area contributed by atoms with Gasteiger partial charge in [0.1, 0.15) is 23.0 Å². The van der Waals surface area contributed by atoms with Crippen LogP contribution in [-0.4, -0.2) is 32.0 Å². The minimum atomic E-state index is -0.511. The quantitative estimate of drug-likeness (QED) is 0.648. The van der Waals surface area contributed by atoms with Gasteiger partial charge in [-0.15, -0.1) is 0 Å². The molecule has 0 bridgehead atoms. The molecule has 0 saturated carbocycles. The molecule has 0 fully saturated rings. The fraction of sp³-hybridized carbons (Fsp3) is 0.125. The summed E-state index contributed by atoms with van der Waals surface area (Å²) in [6.07, 6.45) is 0. The Morgan fingerprint density at radius 1 is 0.773 bits per heavy atom. The molecule has 6 nitrogen and oxygen atoms in total. The maximum absolute atomic E-state index is 11.5. The van der Waals surface area contributed by atoms with Gasteiger partial charge in [-0.2, -0.15) is 0 Å². The van der Waals surface area contributed by atoms with Crippen molar-refractivity contribution in [3.63, 3.8) is 0 Å². The summed E-state index contributed by atoms with van der Waals surface area (Å²) in [5.74, 6) is -2.64. The van der Waals surface area contributed by atoms with Crippen LogP contribution in [0.1, 0.15) is 34.6 Å². The summed E-state index contributed by atoms with van der Waals surface area (Å²) in [5, 5.41) is 39.7. The van der Waals surface area contributed by atoms with Gasteiger partial charge < -0.3 is 20.4 Å². The second-order valence-corrected chi connectivity index (χ2v) is 4.85. The SMILES string of the molecule is CC(=O)c1cc(-c2c(O)ccc(C(C)=O)c2O)c(O)cc1O. The fourth-order valence-electron chi connectivity index (χ4n) is 2.19. The van der Waals surface area contributed by atoms with E-state index < -0.39 is 28.8 Å². The lowest BCUT2D eigenvalue weighted by atomic mass is 9.95. The van der Waals surface area contributed by atoms with Crippen molar-refractivity contribution in [1.82, 2.24) is 0 Å². The van der Waals surface area contributed by atoms with Gasteiger partial charge in [-0.3, -0.25) is 9.59 Å². The van der Waals surface area contributed by atoms with Crippen molar-refractivity contribution in [3.8, 4) is 34.1 Å². The van der Waals surface area contributed by atoms with Crippen LogP contribution in [0.25, 0.3) is 11.1 Å². The highest BCUT2D eigenvalue weighted by Gasteiger charge is 2.21. The van der Waals surface area contributed by atoms with Crippen LogP contribution in [0.3, 0.4) is 0 Å². The number of phenolic OH excluding ortho intramolecular Hbond substituents is 4. The van der Waals surface area contributed by atoms with Crippen molar-refractivity contribution in [2.75, 3.05) is 0 Å². The van der Waals surface area contributed by atoms with Crippen LogP contribution in [0.2, 0.25) is 0 Å². The number of hydrogen-bond acceptors (Lipinski definition) is 6. The van der Waals surface area contributed by atoms with Crippen LogP contribution in [-0.2, 0) is 0 Å². The monoisotopic (exact) mass is 302 g/mol. The summed E-state index contributed by atoms with van der Waals surface area (Å²) in [4.78, 5) is 23.0.